The average Bonchev–Trinajstić information content (AvgIpc) is 1.82. The molecule has 0 atom stereocenters. The van der Waals surface area contributed by atoms with Gasteiger partial charge in [0.05, 0.1) is 0 Å². The van der Waals surface area contributed by atoms with E-state index < -0.39 is 18.0 Å². The van der Waals surface area contributed by atoms with Gasteiger partial charge in [-0.05, 0) is 0 Å². The van der Waals surface area contributed by atoms with Crippen molar-refractivity contribution in [2.24, 2.45) is 11.5 Å². The second kappa shape index (κ2) is 7.32. The quantitative estimate of drug-likeness (QED) is 0.436. The fourth-order valence-corrected chi connectivity index (χ4v) is 0.246. The molecule has 7 heteroatoms. The van der Waals surface area contributed by atoms with E-state index in [-0.39, 0.29) is 12.8 Å². The van der Waals surface area contributed by atoms with E-state index in [0.717, 1.165) is 0 Å². The third-order valence-electron chi connectivity index (χ3n) is 0.618. The number of hydrogen-bond donors (Lipinski definition) is 4. The minimum atomic E-state index is -1.83. The molecule has 0 heterocycles. The predicted molar refractivity (Wildman–Crippen MR) is 38.3 cm³/mol. The predicted octanol–water partition coefficient (Wildman–Crippen LogP) is -1.04. The SMILES string of the molecule is NC(=O)CCC(N)=O.O=C(O)O. The Hall–Kier alpha value is -1.79. The Morgan fingerprint density at radius 3 is 1.17 bits per heavy atom. The Bertz CT molecular complexity index is 161. The summed E-state index contributed by atoms with van der Waals surface area (Å²) in [5, 5.41) is 13.9. The molecule has 7 nitrogen and oxygen atoms in total. The van der Waals surface area contributed by atoms with Gasteiger partial charge < -0.3 is 21.7 Å². The maximum Gasteiger partial charge on any atom is 0.503 e. The highest BCUT2D eigenvalue weighted by Crippen LogP contribution is 1.82. The molecule has 0 radical (unpaired) electrons. The van der Waals surface area contributed by atoms with Crippen molar-refractivity contribution in [2.75, 3.05) is 0 Å². The maximum absolute atomic E-state index is 9.92. The van der Waals surface area contributed by atoms with E-state index in [9.17, 15) is 9.59 Å². The Kier molecular flexibility index (Phi) is 7.84. The second-order valence-electron chi connectivity index (χ2n) is 1.72. The van der Waals surface area contributed by atoms with Crippen LogP contribution in [0.1, 0.15) is 12.8 Å². The summed E-state index contributed by atoms with van der Waals surface area (Å²) in [4.78, 5) is 28.4. The number of amides is 2. The highest BCUT2D eigenvalue weighted by molar-refractivity contribution is 5.81. The van der Waals surface area contributed by atoms with Crippen LogP contribution in [0.3, 0.4) is 0 Å². The molecule has 12 heavy (non-hydrogen) atoms. The zero-order chi connectivity index (χ0) is 10.1. The molecule has 0 bridgehead atoms. The van der Waals surface area contributed by atoms with Crippen LogP contribution in [0.25, 0.3) is 0 Å². The monoisotopic (exact) mass is 178 g/mol. The van der Waals surface area contributed by atoms with Crippen molar-refractivity contribution < 1.29 is 24.6 Å². The fourth-order valence-electron chi connectivity index (χ4n) is 0.246. The molecule has 0 saturated carbocycles. The number of primary amides is 2. The molecule has 0 aromatic heterocycles. The molecule has 2 amide bonds. The minimum Gasteiger partial charge on any atom is -0.450 e. The Morgan fingerprint density at radius 2 is 1.08 bits per heavy atom. The Balaban J connectivity index is 0. The summed E-state index contributed by atoms with van der Waals surface area (Å²) < 4.78 is 0. The van der Waals surface area contributed by atoms with Crippen molar-refractivity contribution in [3.63, 3.8) is 0 Å². The van der Waals surface area contributed by atoms with E-state index in [4.69, 9.17) is 26.5 Å². The molecule has 0 aliphatic carbocycles. The highest BCUT2D eigenvalue weighted by atomic mass is 16.6. The summed E-state index contributed by atoms with van der Waals surface area (Å²) in [5.74, 6) is -0.993. The molecule has 0 aromatic rings. The van der Waals surface area contributed by atoms with Gasteiger partial charge in [0.25, 0.3) is 0 Å². The largest absolute Gasteiger partial charge is 0.503 e. The van der Waals surface area contributed by atoms with Gasteiger partial charge >= 0.3 is 6.16 Å². The van der Waals surface area contributed by atoms with Crippen molar-refractivity contribution in [1.29, 1.82) is 0 Å². The molecule has 0 aliphatic heterocycles. The normalized spacial score (nSPS) is 7.67. The summed E-state index contributed by atoms with van der Waals surface area (Å²) in [5.41, 5.74) is 9.39. The minimum absolute atomic E-state index is 0.0509. The molecule has 0 unspecified atom stereocenters. The van der Waals surface area contributed by atoms with Crippen LogP contribution < -0.4 is 11.5 Å². The lowest BCUT2D eigenvalue weighted by Gasteiger charge is -1.87. The van der Waals surface area contributed by atoms with Gasteiger partial charge in [-0.3, -0.25) is 9.59 Å². The molecule has 0 fully saturated rings. The first kappa shape index (κ1) is 12.8. The lowest BCUT2D eigenvalue weighted by molar-refractivity contribution is -0.123. The van der Waals surface area contributed by atoms with Crippen LogP contribution in [0.15, 0.2) is 0 Å². The molecule has 0 aliphatic rings. The van der Waals surface area contributed by atoms with Crippen molar-refractivity contribution in [3.05, 3.63) is 0 Å². The molecular weight excluding hydrogens is 168 g/mol. The lowest BCUT2D eigenvalue weighted by atomic mass is 10.3. The molecule has 0 spiro atoms. The summed E-state index contributed by atoms with van der Waals surface area (Å²) in [7, 11) is 0. The molecule has 0 aromatic carbocycles. The van der Waals surface area contributed by atoms with E-state index in [1.165, 1.54) is 0 Å². The molecule has 70 valence electrons. The van der Waals surface area contributed by atoms with Crippen molar-refractivity contribution in [1.82, 2.24) is 0 Å². The van der Waals surface area contributed by atoms with Crippen LogP contribution >= 0.6 is 0 Å². The van der Waals surface area contributed by atoms with Gasteiger partial charge in [0.15, 0.2) is 0 Å². The standard InChI is InChI=1S/C4H8N2O2.CH2O3/c5-3(7)1-2-4(6)8;2-1(3)4/h1-2H2,(H2,5,7)(H2,6,8);(H2,2,3,4). The summed E-state index contributed by atoms with van der Waals surface area (Å²) in [6, 6.07) is 0. The number of carbonyl (C=O) groups is 3. The van der Waals surface area contributed by atoms with Crippen LogP contribution in [0, 0.1) is 0 Å². The number of rotatable bonds is 3. The van der Waals surface area contributed by atoms with Crippen LogP contribution in [-0.4, -0.2) is 28.2 Å². The summed E-state index contributed by atoms with van der Waals surface area (Å²) in [6.45, 7) is 0. The second-order valence-corrected chi connectivity index (χ2v) is 1.72. The third-order valence-corrected chi connectivity index (χ3v) is 0.618. The van der Waals surface area contributed by atoms with Crippen molar-refractivity contribution in [3.8, 4) is 0 Å². The number of carboxylic acid groups (broad SMARTS) is 2. The smallest absolute Gasteiger partial charge is 0.450 e. The van der Waals surface area contributed by atoms with E-state index >= 15 is 0 Å². The maximum atomic E-state index is 9.92. The van der Waals surface area contributed by atoms with Crippen LogP contribution in [0.2, 0.25) is 0 Å². The van der Waals surface area contributed by atoms with Gasteiger partial charge in [-0.25, -0.2) is 4.79 Å². The zero-order valence-corrected chi connectivity index (χ0v) is 6.19. The van der Waals surface area contributed by atoms with Crippen LogP contribution in [-0.2, 0) is 9.59 Å². The van der Waals surface area contributed by atoms with E-state index in [1.807, 2.05) is 0 Å². The number of hydrogen-bond acceptors (Lipinski definition) is 3. The van der Waals surface area contributed by atoms with Gasteiger partial charge in [-0.2, -0.15) is 0 Å². The average molecular weight is 178 g/mol. The Morgan fingerprint density at radius 1 is 0.917 bits per heavy atom. The van der Waals surface area contributed by atoms with Crippen LogP contribution in [0.4, 0.5) is 4.79 Å². The first-order valence-electron chi connectivity index (χ1n) is 2.84. The first-order valence-corrected chi connectivity index (χ1v) is 2.84. The molecule has 0 rings (SSSR count). The van der Waals surface area contributed by atoms with Gasteiger partial charge in [0.1, 0.15) is 0 Å². The van der Waals surface area contributed by atoms with Gasteiger partial charge in [0, 0.05) is 12.8 Å². The fraction of sp³-hybridized carbons (Fsp3) is 0.400. The van der Waals surface area contributed by atoms with Gasteiger partial charge in [-0.15, -0.1) is 0 Å². The summed E-state index contributed by atoms with van der Waals surface area (Å²) >= 11 is 0. The Labute approximate surface area is 68.0 Å². The zero-order valence-electron chi connectivity index (χ0n) is 6.19. The van der Waals surface area contributed by atoms with Gasteiger partial charge in [-0.1, -0.05) is 0 Å². The van der Waals surface area contributed by atoms with E-state index in [1.54, 1.807) is 0 Å². The van der Waals surface area contributed by atoms with E-state index in [0.29, 0.717) is 0 Å². The number of nitrogens with two attached hydrogens (primary N) is 2. The topological polar surface area (TPSA) is 144 Å². The van der Waals surface area contributed by atoms with Crippen LogP contribution in [0.5, 0.6) is 0 Å². The third kappa shape index (κ3) is 41.4. The summed E-state index contributed by atoms with van der Waals surface area (Å²) in [6.07, 6.45) is -1.73. The lowest BCUT2D eigenvalue weighted by Crippen LogP contribution is -2.16. The molecule has 0 saturated heterocycles. The molecule has 6 N–H and O–H groups in total. The molecular formula is C5H10N2O5. The highest BCUT2D eigenvalue weighted by Gasteiger charge is 1.96. The number of carbonyl (C=O) groups excluding carboxylic acids is 2. The first-order chi connectivity index (χ1) is 5.36. The van der Waals surface area contributed by atoms with E-state index in [2.05, 4.69) is 0 Å². The van der Waals surface area contributed by atoms with Crippen molar-refractivity contribution >= 4 is 18.0 Å². The van der Waals surface area contributed by atoms with Crippen molar-refractivity contribution in [2.45, 2.75) is 12.8 Å². The van der Waals surface area contributed by atoms with Gasteiger partial charge in [0.2, 0.25) is 11.8 Å².